The molecule has 1 aliphatic carbocycles. The Hall–Kier alpha value is -1.52. The standard InChI is InChI=1S/C18H24N4/c1-2-9-18-17(8-1)20-12-14(21-18)11-19-13-16-7-4-10-22(16)15-5-3-6-15/h1-2,8-9,12,15-16,19H,3-7,10-11,13H2/t16-/m0/s1. The van der Waals surface area contributed by atoms with Crippen LogP contribution in [0.1, 0.15) is 37.8 Å². The van der Waals surface area contributed by atoms with Gasteiger partial charge in [-0.25, -0.2) is 4.98 Å². The molecule has 0 amide bonds. The summed E-state index contributed by atoms with van der Waals surface area (Å²) in [6.45, 7) is 3.19. The van der Waals surface area contributed by atoms with E-state index in [0.29, 0.717) is 0 Å². The first-order valence-electron chi connectivity index (χ1n) is 8.57. The number of benzene rings is 1. The Morgan fingerprint density at radius 2 is 1.95 bits per heavy atom. The molecule has 2 aliphatic rings. The van der Waals surface area contributed by atoms with Crippen LogP contribution in [0, 0.1) is 0 Å². The maximum atomic E-state index is 4.68. The number of hydrogen-bond acceptors (Lipinski definition) is 4. The third-order valence-corrected chi connectivity index (χ3v) is 5.15. The number of nitrogens with one attached hydrogen (secondary N) is 1. The molecule has 4 heteroatoms. The van der Waals surface area contributed by atoms with Crippen molar-refractivity contribution in [3.63, 3.8) is 0 Å². The summed E-state index contributed by atoms with van der Waals surface area (Å²) in [4.78, 5) is 11.9. The van der Waals surface area contributed by atoms with Crippen LogP contribution in [0.5, 0.6) is 0 Å². The first-order chi connectivity index (χ1) is 10.9. The minimum absolute atomic E-state index is 0.721. The van der Waals surface area contributed by atoms with Crippen LogP contribution in [0.4, 0.5) is 0 Å². The van der Waals surface area contributed by atoms with Gasteiger partial charge in [0.25, 0.3) is 0 Å². The van der Waals surface area contributed by atoms with Crippen LogP contribution in [-0.2, 0) is 6.54 Å². The van der Waals surface area contributed by atoms with Crippen LogP contribution < -0.4 is 5.32 Å². The Labute approximate surface area is 131 Å². The predicted octanol–water partition coefficient (Wildman–Crippen LogP) is 2.74. The van der Waals surface area contributed by atoms with E-state index in [1.807, 2.05) is 30.5 Å². The van der Waals surface area contributed by atoms with Crippen molar-refractivity contribution >= 4 is 11.0 Å². The fraction of sp³-hybridized carbons (Fsp3) is 0.556. The summed E-state index contributed by atoms with van der Waals surface area (Å²) in [5.74, 6) is 0. The zero-order chi connectivity index (χ0) is 14.8. The molecule has 0 unspecified atom stereocenters. The zero-order valence-corrected chi connectivity index (χ0v) is 13.0. The summed E-state index contributed by atoms with van der Waals surface area (Å²) >= 11 is 0. The highest BCUT2D eigenvalue weighted by Crippen LogP contribution is 2.30. The van der Waals surface area contributed by atoms with E-state index in [1.54, 1.807) is 0 Å². The molecule has 2 fully saturated rings. The van der Waals surface area contributed by atoms with Crippen molar-refractivity contribution in [1.29, 1.82) is 0 Å². The maximum Gasteiger partial charge on any atom is 0.0890 e. The first-order valence-corrected chi connectivity index (χ1v) is 8.57. The molecule has 4 nitrogen and oxygen atoms in total. The summed E-state index contributed by atoms with van der Waals surface area (Å²) < 4.78 is 0. The van der Waals surface area contributed by atoms with E-state index in [1.165, 1.54) is 38.6 Å². The van der Waals surface area contributed by atoms with Crippen molar-refractivity contribution in [2.45, 2.75) is 50.7 Å². The Morgan fingerprint density at radius 1 is 1.09 bits per heavy atom. The van der Waals surface area contributed by atoms with E-state index in [2.05, 4.69) is 20.2 Å². The number of likely N-dealkylation sites (tertiary alicyclic amines) is 1. The number of nitrogens with zero attached hydrogens (tertiary/aromatic N) is 3. The highest BCUT2D eigenvalue weighted by Gasteiger charge is 2.33. The molecule has 1 N–H and O–H groups in total. The third kappa shape index (κ3) is 2.85. The summed E-state index contributed by atoms with van der Waals surface area (Å²) in [6, 6.07) is 9.65. The van der Waals surface area contributed by atoms with Crippen molar-refractivity contribution < 1.29 is 0 Å². The van der Waals surface area contributed by atoms with Crippen molar-refractivity contribution in [3.05, 3.63) is 36.2 Å². The summed E-state index contributed by atoms with van der Waals surface area (Å²) in [6.07, 6.45) is 8.84. The molecule has 2 heterocycles. The summed E-state index contributed by atoms with van der Waals surface area (Å²) in [7, 11) is 0. The van der Waals surface area contributed by atoms with Crippen LogP contribution in [-0.4, -0.2) is 40.0 Å². The SMILES string of the molecule is c1ccc2nc(CNC[C@@H]3CCCN3C3CCC3)cnc2c1. The van der Waals surface area contributed by atoms with E-state index in [9.17, 15) is 0 Å². The molecular weight excluding hydrogens is 272 g/mol. The predicted molar refractivity (Wildman–Crippen MR) is 88.6 cm³/mol. The number of rotatable bonds is 5. The fourth-order valence-corrected chi connectivity index (χ4v) is 3.72. The molecule has 1 aromatic heterocycles. The smallest absolute Gasteiger partial charge is 0.0890 e. The van der Waals surface area contributed by atoms with Crippen LogP contribution in [0.3, 0.4) is 0 Å². The van der Waals surface area contributed by atoms with Crippen LogP contribution in [0.25, 0.3) is 11.0 Å². The van der Waals surface area contributed by atoms with E-state index in [4.69, 9.17) is 0 Å². The van der Waals surface area contributed by atoms with Crippen LogP contribution in [0.15, 0.2) is 30.5 Å². The van der Waals surface area contributed by atoms with Gasteiger partial charge < -0.3 is 5.32 Å². The molecule has 22 heavy (non-hydrogen) atoms. The third-order valence-electron chi connectivity index (χ3n) is 5.15. The largest absolute Gasteiger partial charge is 0.310 e. The molecule has 1 saturated heterocycles. The molecule has 4 rings (SSSR count). The van der Waals surface area contributed by atoms with E-state index in [0.717, 1.165) is 41.9 Å². The second-order valence-electron chi connectivity index (χ2n) is 6.60. The Morgan fingerprint density at radius 3 is 2.77 bits per heavy atom. The first kappa shape index (κ1) is 14.1. The van der Waals surface area contributed by atoms with Gasteiger partial charge >= 0.3 is 0 Å². The summed E-state index contributed by atoms with van der Waals surface area (Å²) in [5.41, 5.74) is 2.99. The van der Waals surface area contributed by atoms with Gasteiger partial charge in [0.1, 0.15) is 0 Å². The molecule has 0 spiro atoms. The molecule has 0 bridgehead atoms. The molecule has 1 aromatic carbocycles. The lowest BCUT2D eigenvalue weighted by Gasteiger charge is -2.38. The molecule has 1 atom stereocenters. The normalized spacial score (nSPS) is 23.0. The minimum Gasteiger partial charge on any atom is -0.310 e. The molecular formula is C18H24N4. The Balaban J connectivity index is 1.33. The van der Waals surface area contributed by atoms with E-state index in [-0.39, 0.29) is 0 Å². The van der Waals surface area contributed by atoms with Crippen LogP contribution in [0.2, 0.25) is 0 Å². The topological polar surface area (TPSA) is 41.1 Å². The Bertz CT molecular complexity index is 638. The van der Waals surface area contributed by atoms with Gasteiger partial charge in [-0.05, 0) is 44.4 Å². The minimum atomic E-state index is 0.721. The maximum absolute atomic E-state index is 4.68. The van der Waals surface area contributed by atoms with Crippen molar-refractivity contribution in [1.82, 2.24) is 20.2 Å². The van der Waals surface area contributed by atoms with Gasteiger partial charge in [0.2, 0.25) is 0 Å². The van der Waals surface area contributed by atoms with Gasteiger partial charge in [0.05, 0.1) is 22.9 Å². The highest BCUT2D eigenvalue weighted by atomic mass is 15.2. The van der Waals surface area contributed by atoms with Crippen LogP contribution >= 0.6 is 0 Å². The second-order valence-corrected chi connectivity index (χ2v) is 6.60. The van der Waals surface area contributed by atoms with Gasteiger partial charge in [0, 0.05) is 25.2 Å². The molecule has 0 radical (unpaired) electrons. The van der Waals surface area contributed by atoms with Gasteiger partial charge in [-0.2, -0.15) is 0 Å². The lowest BCUT2D eigenvalue weighted by molar-refractivity contribution is 0.113. The highest BCUT2D eigenvalue weighted by molar-refractivity contribution is 5.73. The number of para-hydroxylation sites is 2. The average molecular weight is 296 g/mol. The lowest BCUT2D eigenvalue weighted by Crippen LogP contribution is -2.46. The monoisotopic (exact) mass is 296 g/mol. The number of aromatic nitrogens is 2. The zero-order valence-electron chi connectivity index (χ0n) is 13.0. The van der Waals surface area contributed by atoms with E-state index >= 15 is 0 Å². The second kappa shape index (κ2) is 6.31. The van der Waals surface area contributed by atoms with Gasteiger partial charge in [0.15, 0.2) is 0 Å². The molecule has 2 aromatic rings. The molecule has 1 saturated carbocycles. The fourth-order valence-electron chi connectivity index (χ4n) is 3.72. The van der Waals surface area contributed by atoms with Crippen molar-refractivity contribution in [2.24, 2.45) is 0 Å². The van der Waals surface area contributed by atoms with Gasteiger partial charge in [-0.1, -0.05) is 18.6 Å². The average Bonchev–Trinajstić information content (AvgIpc) is 2.94. The van der Waals surface area contributed by atoms with Gasteiger partial charge in [-0.15, -0.1) is 0 Å². The van der Waals surface area contributed by atoms with Crippen molar-refractivity contribution in [2.75, 3.05) is 13.1 Å². The quantitative estimate of drug-likeness (QED) is 0.921. The number of fused-ring (bicyclic) bond motifs is 1. The molecule has 116 valence electrons. The van der Waals surface area contributed by atoms with Crippen molar-refractivity contribution in [3.8, 4) is 0 Å². The van der Waals surface area contributed by atoms with E-state index < -0.39 is 0 Å². The summed E-state index contributed by atoms with van der Waals surface area (Å²) in [5, 5.41) is 3.60. The Kier molecular flexibility index (Phi) is 4.04. The van der Waals surface area contributed by atoms with Gasteiger partial charge in [-0.3, -0.25) is 9.88 Å². The lowest BCUT2D eigenvalue weighted by atomic mass is 9.91. The number of hydrogen-bond donors (Lipinski definition) is 1. The molecule has 1 aliphatic heterocycles.